The normalized spacial score (nSPS) is 16.8. The number of carbonyl (C=O) groups excluding carboxylic acids is 3. The molecule has 32 heavy (non-hydrogen) atoms. The number of urea groups is 1. The van der Waals surface area contributed by atoms with E-state index < -0.39 is 30.1 Å². The zero-order chi connectivity index (χ0) is 23.7. The van der Waals surface area contributed by atoms with Crippen LogP contribution in [0.4, 0.5) is 23.7 Å². The maximum absolute atomic E-state index is 13.8. The van der Waals surface area contributed by atoms with Crippen LogP contribution in [0, 0.1) is 0 Å². The molecule has 0 spiro atoms. The van der Waals surface area contributed by atoms with Crippen molar-refractivity contribution in [2.75, 3.05) is 19.5 Å². The maximum atomic E-state index is 13.8. The van der Waals surface area contributed by atoms with Crippen molar-refractivity contribution in [3.8, 4) is 11.5 Å². The summed E-state index contributed by atoms with van der Waals surface area (Å²) in [4.78, 5) is 36.2. The third kappa shape index (κ3) is 4.35. The molecule has 2 aromatic carbocycles. The van der Waals surface area contributed by atoms with Gasteiger partial charge in [-0.3, -0.25) is 5.32 Å². The van der Waals surface area contributed by atoms with Crippen molar-refractivity contribution in [2.24, 2.45) is 0 Å². The molecule has 0 aliphatic carbocycles. The molecule has 0 radical (unpaired) electrons. The summed E-state index contributed by atoms with van der Waals surface area (Å²) in [7, 11) is 2.16. The molecule has 170 valence electrons. The molecule has 1 heterocycles. The fourth-order valence-electron chi connectivity index (χ4n) is 2.70. The first-order valence-electron chi connectivity index (χ1n) is 8.64. The average molecular weight is 475 g/mol. The molecule has 13 heteroatoms. The van der Waals surface area contributed by atoms with Gasteiger partial charge in [0.15, 0.2) is 11.5 Å². The largest absolute Gasteiger partial charge is 0.492 e. The number of benzene rings is 2. The van der Waals surface area contributed by atoms with Gasteiger partial charge in [-0.1, -0.05) is 11.6 Å². The first kappa shape index (κ1) is 23.0. The van der Waals surface area contributed by atoms with Crippen LogP contribution >= 0.6 is 11.6 Å². The fourth-order valence-corrected chi connectivity index (χ4v) is 2.86. The maximum Gasteiger partial charge on any atom is 0.492 e. The molecule has 0 saturated heterocycles. The summed E-state index contributed by atoms with van der Waals surface area (Å²) in [6, 6.07) is 5.41. The molecule has 3 rings (SSSR count). The Morgan fingerprint density at radius 3 is 2.25 bits per heavy atom. The Morgan fingerprint density at radius 2 is 1.62 bits per heavy atom. The smallest absolute Gasteiger partial charge is 0.465 e. The quantitative estimate of drug-likeness (QED) is 0.649. The van der Waals surface area contributed by atoms with Crippen LogP contribution in [0.5, 0.6) is 11.5 Å². The molecule has 1 aliphatic rings. The summed E-state index contributed by atoms with van der Waals surface area (Å²) in [6.07, 6.45) is -5.23. The van der Waals surface area contributed by atoms with Crippen molar-refractivity contribution >= 4 is 35.3 Å². The first-order valence-corrected chi connectivity index (χ1v) is 9.01. The van der Waals surface area contributed by atoms with Gasteiger partial charge in [-0.25, -0.2) is 14.4 Å². The third-order valence-corrected chi connectivity index (χ3v) is 4.39. The molecule has 1 atom stereocenters. The molecular formula is C19H14ClF3N2O7. The van der Waals surface area contributed by atoms with E-state index in [1.165, 1.54) is 12.1 Å². The number of ether oxygens (including phenoxy) is 4. The van der Waals surface area contributed by atoms with Crippen molar-refractivity contribution in [1.29, 1.82) is 0 Å². The molecule has 0 aromatic heterocycles. The van der Waals surface area contributed by atoms with Gasteiger partial charge in [0.2, 0.25) is 0 Å². The molecule has 0 fully saturated rings. The van der Waals surface area contributed by atoms with E-state index in [9.17, 15) is 27.6 Å². The number of fused-ring (bicyclic) bond motifs is 1. The number of carbonyl (C=O) groups is 3. The Balaban J connectivity index is 1.91. The van der Waals surface area contributed by atoms with Crippen LogP contribution in [0.25, 0.3) is 0 Å². The second kappa shape index (κ2) is 8.46. The molecule has 2 aromatic rings. The van der Waals surface area contributed by atoms with Gasteiger partial charge >= 0.3 is 30.1 Å². The Kier molecular flexibility index (Phi) is 6.08. The predicted octanol–water partition coefficient (Wildman–Crippen LogP) is 3.72. The van der Waals surface area contributed by atoms with Gasteiger partial charge in [-0.05, 0) is 30.3 Å². The minimum atomic E-state index is -5.23. The summed E-state index contributed by atoms with van der Waals surface area (Å²) in [5, 5.41) is 3.71. The lowest BCUT2D eigenvalue weighted by Gasteiger charge is -2.29. The van der Waals surface area contributed by atoms with Crippen molar-refractivity contribution in [3.63, 3.8) is 0 Å². The number of amides is 2. The number of hydrogen-bond acceptors (Lipinski definition) is 7. The van der Waals surface area contributed by atoms with Crippen LogP contribution in [-0.2, 0) is 9.47 Å². The summed E-state index contributed by atoms with van der Waals surface area (Å²) < 4.78 is 60.2. The van der Waals surface area contributed by atoms with E-state index in [0.717, 1.165) is 38.5 Å². The number of nitrogens with one attached hydrogen (secondary N) is 2. The Bertz CT molecular complexity index is 1090. The Morgan fingerprint density at radius 1 is 0.969 bits per heavy atom. The topological polar surface area (TPSA) is 112 Å². The molecule has 1 aliphatic heterocycles. The number of alkyl halides is 3. The Hall–Kier alpha value is -3.67. The summed E-state index contributed by atoms with van der Waals surface area (Å²) in [5.41, 5.74) is -0.649. The summed E-state index contributed by atoms with van der Waals surface area (Å²) in [5.74, 6) is -5.97. The minimum Gasteiger partial charge on any atom is -0.465 e. The Labute approximate surface area is 183 Å². The van der Waals surface area contributed by atoms with Crippen molar-refractivity contribution in [2.45, 2.75) is 12.1 Å². The summed E-state index contributed by atoms with van der Waals surface area (Å²) in [6.45, 7) is 0. The molecule has 9 nitrogen and oxygen atoms in total. The van der Waals surface area contributed by atoms with Crippen LogP contribution in [-0.4, -0.2) is 44.3 Å². The van der Waals surface area contributed by atoms with E-state index in [0.29, 0.717) is 0 Å². The van der Waals surface area contributed by atoms with Crippen LogP contribution in [0.1, 0.15) is 20.7 Å². The zero-order valence-electron chi connectivity index (χ0n) is 16.3. The number of rotatable bonds is 4. The van der Waals surface area contributed by atoms with Gasteiger partial charge < -0.3 is 24.3 Å². The van der Waals surface area contributed by atoms with E-state index in [1.54, 1.807) is 5.32 Å². The number of esters is 2. The standard InChI is InChI=1S/C19H14ClF3N2O7/c1-29-15(26)9-3-5-11(16(27)30-2)12(7-9)24-17(28)25-19(18(21,22)23)31-13-6-4-10(20)8-14(13)32-19/h3-8H,1-2H3,(H2,24,25,28)/t19-/m1/s1. The number of halogens is 4. The first-order chi connectivity index (χ1) is 15.0. The van der Waals surface area contributed by atoms with Crippen LogP contribution < -0.4 is 20.1 Å². The van der Waals surface area contributed by atoms with E-state index in [1.807, 2.05) is 0 Å². The van der Waals surface area contributed by atoms with Gasteiger partial charge in [0.05, 0.1) is 31.0 Å². The molecule has 0 unspecified atom stereocenters. The highest BCUT2D eigenvalue weighted by atomic mass is 35.5. The van der Waals surface area contributed by atoms with Crippen molar-refractivity contribution in [3.05, 3.63) is 52.5 Å². The summed E-state index contributed by atoms with van der Waals surface area (Å²) >= 11 is 5.76. The highest BCUT2D eigenvalue weighted by molar-refractivity contribution is 6.30. The molecule has 0 bridgehead atoms. The van der Waals surface area contributed by atoms with Gasteiger partial charge in [0.25, 0.3) is 0 Å². The van der Waals surface area contributed by atoms with Gasteiger partial charge in [-0.2, -0.15) is 13.2 Å². The third-order valence-electron chi connectivity index (χ3n) is 4.16. The van der Waals surface area contributed by atoms with E-state index in [4.69, 9.17) is 21.1 Å². The predicted molar refractivity (Wildman–Crippen MR) is 103 cm³/mol. The van der Waals surface area contributed by atoms with Crippen LogP contribution in [0.2, 0.25) is 5.02 Å². The second-order valence-electron chi connectivity index (χ2n) is 6.23. The SMILES string of the molecule is COC(=O)c1ccc(C(=O)OC)c(NC(=O)N[C@]2(C(F)(F)F)Oc3ccc(Cl)cc3O2)c1. The second-order valence-corrected chi connectivity index (χ2v) is 6.67. The monoisotopic (exact) mass is 474 g/mol. The lowest BCUT2D eigenvalue weighted by atomic mass is 10.1. The van der Waals surface area contributed by atoms with E-state index in [-0.39, 0.29) is 33.3 Å². The fraction of sp³-hybridized carbons (Fsp3) is 0.211. The minimum absolute atomic E-state index is 0.0807. The van der Waals surface area contributed by atoms with E-state index >= 15 is 0 Å². The van der Waals surface area contributed by atoms with Crippen molar-refractivity contribution in [1.82, 2.24) is 5.32 Å². The van der Waals surface area contributed by atoms with E-state index in [2.05, 4.69) is 14.8 Å². The number of methoxy groups -OCH3 is 2. The molecule has 2 amide bonds. The van der Waals surface area contributed by atoms with Crippen LogP contribution in [0.3, 0.4) is 0 Å². The van der Waals surface area contributed by atoms with Gasteiger partial charge in [-0.15, -0.1) is 0 Å². The van der Waals surface area contributed by atoms with Crippen molar-refractivity contribution < 1.29 is 46.5 Å². The van der Waals surface area contributed by atoms with Gasteiger partial charge in [0, 0.05) is 11.1 Å². The lowest BCUT2D eigenvalue weighted by molar-refractivity contribution is -0.317. The zero-order valence-corrected chi connectivity index (χ0v) is 17.1. The lowest BCUT2D eigenvalue weighted by Crippen LogP contribution is -2.65. The highest BCUT2D eigenvalue weighted by Gasteiger charge is 2.65. The van der Waals surface area contributed by atoms with Gasteiger partial charge in [0.1, 0.15) is 0 Å². The van der Waals surface area contributed by atoms with Crippen LogP contribution in [0.15, 0.2) is 36.4 Å². The average Bonchev–Trinajstić information content (AvgIpc) is 3.10. The highest BCUT2D eigenvalue weighted by Crippen LogP contribution is 2.46. The molecular weight excluding hydrogens is 461 g/mol. The number of anilines is 1. The molecule has 0 saturated carbocycles. The number of hydrogen-bond donors (Lipinski definition) is 2. The molecule has 2 N–H and O–H groups in total.